The van der Waals surface area contributed by atoms with E-state index in [9.17, 15) is 22.6 Å². The van der Waals surface area contributed by atoms with Crippen LogP contribution >= 0.6 is 11.6 Å². The van der Waals surface area contributed by atoms with Gasteiger partial charge in [-0.3, -0.25) is 4.79 Å². The summed E-state index contributed by atoms with van der Waals surface area (Å²) in [5.74, 6) is -3.00. The van der Waals surface area contributed by atoms with Crippen LogP contribution in [0.2, 0.25) is 5.02 Å². The van der Waals surface area contributed by atoms with Crippen LogP contribution in [-0.4, -0.2) is 52.1 Å². The van der Waals surface area contributed by atoms with E-state index in [1.54, 1.807) is 69.1 Å². The van der Waals surface area contributed by atoms with Crippen molar-refractivity contribution in [1.82, 2.24) is 4.98 Å². The van der Waals surface area contributed by atoms with Crippen LogP contribution in [0.15, 0.2) is 64.0 Å². The fourth-order valence-electron chi connectivity index (χ4n) is 4.78. The van der Waals surface area contributed by atoms with E-state index in [0.29, 0.717) is 34.2 Å². The van der Waals surface area contributed by atoms with Crippen LogP contribution in [0, 0.1) is 6.92 Å². The summed E-state index contributed by atoms with van der Waals surface area (Å²) in [6.45, 7) is 7.18. The van der Waals surface area contributed by atoms with Crippen molar-refractivity contribution in [2.24, 2.45) is 4.36 Å². The van der Waals surface area contributed by atoms with Gasteiger partial charge in [0, 0.05) is 59.6 Å². The van der Waals surface area contributed by atoms with E-state index in [1.807, 2.05) is 12.1 Å². The van der Waals surface area contributed by atoms with Gasteiger partial charge in [-0.1, -0.05) is 29.8 Å². The average molecular weight is 633 g/mol. The summed E-state index contributed by atoms with van der Waals surface area (Å²) in [6, 6.07) is 13.3. The lowest BCUT2D eigenvalue weighted by atomic mass is 9.97. The SMILES string of the molecule is Cc1c(-c2ccc(Cl)cc2)cnc(N2CCCC(F)(F)CC2)c1C(=O)Nc1cccc([S@@](C)(=O)=NC(=O)OC(C)(C)C)c1. The quantitative estimate of drug-likeness (QED) is 0.306. The molecule has 2 aromatic carbocycles. The zero-order valence-electron chi connectivity index (χ0n) is 24.7. The van der Waals surface area contributed by atoms with Crippen molar-refractivity contribution in [2.75, 3.05) is 29.6 Å². The van der Waals surface area contributed by atoms with Gasteiger partial charge in [-0.2, -0.15) is 0 Å². The van der Waals surface area contributed by atoms with E-state index < -0.39 is 33.3 Å². The molecule has 1 N–H and O–H groups in total. The molecule has 8 nitrogen and oxygen atoms in total. The number of aromatic nitrogens is 1. The Morgan fingerprint density at radius 2 is 1.81 bits per heavy atom. The highest BCUT2D eigenvalue weighted by Gasteiger charge is 2.33. The van der Waals surface area contributed by atoms with Gasteiger partial charge >= 0.3 is 6.09 Å². The fourth-order valence-corrected chi connectivity index (χ4v) is 6.01. The first-order valence-electron chi connectivity index (χ1n) is 13.8. The minimum atomic E-state index is -3.20. The molecule has 43 heavy (non-hydrogen) atoms. The third-order valence-electron chi connectivity index (χ3n) is 6.89. The van der Waals surface area contributed by atoms with Crippen LogP contribution in [0.4, 0.5) is 25.1 Å². The number of nitrogens with zero attached hydrogens (tertiary/aromatic N) is 3. The molecule has 0 spiro atoms. The molecule has 4 rings (SSSR count). The van der Waals surface area contributed by atoms with Crippen molar-refractivity contribution in [2.45, 2.75) is 63.4 Å². The van der Waals surface area contributed by atoms with Gasteiger partial charge in [0.2, 0.25) is 5.92 Å². The van der Waals surface area contributed by atoms with E-state index in [0.717, 1.165) is 5.56 Å². The van der Waals surface area contributed by atoms with Gasteiger partial charge in [0.05, 0.1) is 15.3 Å². The summed E-state index contributed by atoms with van der Waals surface area (Å²) < 4.78 is 50.7. The molecule has 0 aliphatic carbocycles. The number of hydrogen-bond acceptors (Lipinski definition) is 6. The standard InChI is InChI=1S/C31H35ClF2N4O4S/c1-20-25(21-10-12-22(32)13-11-21)19-35-27(38-16-7-14-31(33,34)15-17-38)26(20)28(39)36-23-8-6-9-24(18-23)43(5,41)37-29(40)42-30(2,3)4/h6,8-13,18-19H,7,14-17H2,1-5H3,(H,36,39)/t43-/m1/s1. The van der Waals surface area contributed by atoms with Gasteiger partial charge in [-0.25, -0.2) is 22.8 Å². The van der Waals surface area contributed by atoms with Gasteiger partial charge < -0.3 is 15.0 Å². The van der Waals surface area contributed by atoms with Gasteiger partial charge in [0.15, 0.2) is 0 Å². The lowest BCUT2D eigenvalue weighted by Crippen LogP contribution is -2.30. The Balaban J connectivity index is 1.72. The molecule has 0 radical (unpaired) electrons. The molecule has 12 heteroatoms. The molecule has 230 valence electrons. The molecule has 1 aliphatic rings. The van der Waals surface area contributed by atoms with Crippen molar-refractivity contribution in [3.8, 4) is 11.1 Å². The lowest BCUT2D eigenvalue weighted by Gasteiger charge is -2.26. The zero-order chi connectivity index (χ0) is 31.6. The molecule has 0 unspecified atom stereocenters. The molecular weight excluding hydrogens is 598 g/mol. The second-order valence-electron chi connectivity index (χ2n) is 11.6. The molecule has 0 saturated carbocycles. The molecule has 1 fully saturated rings. The zero-order valence-corrected chi connectivity index (χ0v) is 26.3. The average Bonchev–Trinajstić information content (AvgIpc) is 3.08. The third-order valence-corrected chi connectivity index (χ3v) is 8.77. The first kappa shape index (κ1) is 32.3. The molecule has 1 atom stereocenters. The van der Waals surface area contributed by atoms with Crippen LogP contribution in [0.5, 0.6) is 0 Å². The van der Waals surface area contributed by atoms with Crippen molar-refractivity contribution in [1.29, 1.82) is 0 Å². The smallest absolute Gasteiger partial charge is 0.442 e. The second kappa shape index (κ2) is 12.6. The number of benzene rings is 2. The summed E-state index contributed by atoms with van der Waals surface area (Å²) in [5.41, 5.74) is 1.82. The van der Waals surface area contributed by atoms with Crippen LogP contribution < -0.4 is 10.2 Å². The predicted octanol–water partition coefficient (Wildman–Crippen LogP) is 7.98. The number of halogens is 3. The maximum absolute atomic E-state index is 14.2. The monoisotopic (exact) mass is 632 g/mol. The Morgan fingerprint density at radius 3 is 2.49 bits per heavy atom. The summed E-state index contributed by atoms with van der Waals surface area (Å²) >= 11 is 6.08. The summed E-state index contributed by atoms with van der Waals surface area (Å²) in [4.78, 5) is 32.7. The number of carbonyl (C=O) groups excluding carboxylic acids is 2. The number of ether oxygens (including phenoxy) is 1. The molecule has 1 saturated heterocycles. The third kappa shape index (κ3) is 8.29. The highest BCUT2D eigenvalue weighted by Crippen LogP contribution is 2.35. The van der Waals surface area contributed by atoms with E-state index in [2.05, 4.69) is 14.7 Å². The van der Waals surface area contributed by atoms with E-state index in [1.165, 1.54) is 12.3 Å². The normalized spacial score (nSPS) is 16.5. The minimum Gasteiger partial charge on any atom is -0.442 e. The Labute approximate surface area is 256 Å². The first-order valence-corrected chi connectivity index (χ1v) is 16.1. The largest absolute Gasteiger partial charge is 0.442 e. The molecule has 2 amide bonds. The summed E-state index contributed by atoms with van der Waals surface area (Å²) in [7, 11) is -3.20. The van der Waals surface area contributed by atoms with Gasteiger partial charge in [-0.05, 0) is 75.6 Å². The van der Waals surface area contributed by atoms with Crippen LogP contribution in [-0.2, 0) is 14.5 Å². The number of carbonyl (C=O) groups is 2. The van der Waals surface area contributed by atoms with Gasteiger partial charge in [-0.15, -0.1) is 4.36 Å². The number of pyridine rings is 1. The molecule has 1 aliphatic heterocycles. The maximum Gasteiger partial charge on any atom is 0.442 e. The number of rotatable bonds is 5. The topological polar surface area (TPSA) is 101 Å². The minimum absolute atomic E-state index is 0.0412. The number of hydrogen-bond donors (Lipinski definition) is 1. The van der Waals surface area contributed by atoms with Crippen molar-refractivity contribution < 1.29 is 27.3 Å². The highest BCUT2D eigenvalue weighted by molar-refractivity contribution is 7.93. The first-order chi connectivity index (χ1) is 20.0. The van der Waals surface area contributed by atoms with E-state index >= 15 is 0 Å². The van der Waals surface area contributed by atoms with Gasteiger partial charge in [0.1, 0.15) is 11.4 Å². The van der Waals surface area contributed by atoms with E-state index in [4.69, 9.17) is 16.3 Å². The van der Waals surface area contributed by atoms with E-state index in [-0.39, 0.29) is 36.3 Å². The number of nitrogens with one attached hydrogen (secondary N) is 1. The summed E-state index contributed by atoms with van der Waals surface area (Å²) in [5, 5.41) is 3.40. The Hall–Kier alpha value is -3.57. The lowest BCUT2D eigenvalue weighted by molar-refractivity contribution is -0.0102. The van der Waals surface area contributed by atoms with Crippen LogP contribution in [0.1, 0.15) is 56.0 Å². The Kier molecular flexibility index (Phi) is 9.46. The van der Waals surface area contributed by atoms with Crippen molar-refractivity contribution in [3.05, 3.63) is 70.9 Å². The Bertz CT molecular complexity index is 1650. The fraction of sp³-hybridized carbons (Fsp3) is 0.387. The van der Waals surface area contributed by atoms with Crippen molar-refractivity contribution in [3.63, 3.8) is 0 Å². The number of amides is 2. The molecule has 0 bridgehead atoms. The second-order valence-corrected chi connectivity index (χ2v) is 14.3. The van der Waals surface area contributed by atoms with Crippen molar-refractivity contribution >= 4 is 44.8 Å². The molecular formula is C31H35ClF2N4O4S. The number of anilines is 2. The maximum atomic E-state index is 14.2. The highest BCUT2D eigenvalue weighted by atomic mass is 35.5. The Morgan fingerprint density at radius 1 is 1.12 bits per heavy atom. The molecule has 1 aromatic heterocycles. The molecule has 3 aromatic rings. The summed E-state index contributed by atoms with van der Waals surface area (Å²) in [6.07, 6.45) is 1.67. The molecule has 2 heterocycles. The predicted molar refractivity (Wildman–Crippen MR) is 166 cm³/mol. The van der Waals surface area contributed by atoms with Gasteiger partial charge in [0.25, 0.3) is 5.91 Å². The van der Waals surface area contributed by atoms with Crippen LogP contribution in [0.25, 0.3) is 11.1 Å². The number of alkyl halides is 2. The van der Waals surface area contributed by atoms with Crippen LogP contribution in [0.3, 0.4) is 0 Å².